The Morgan fingerprint density at radius 3 is 2.40 bits per heavy atom. The SMILES string of the molecule is Cc1cc(=O)c(C(=O)N2c3ccccc3CC2C)nn1-c1ccccc1C(F)(F)F. The second kappa shape index (κ2) is 7.12. The molecule has 1 unspecified atom stereocenters. The summed E-state index contributed by atoms with van der Waals surface area (Å²) in [7, 11) is 0. The molecule has 1 aliphatic heterocycles. The molecule has 3 aromatic rings. The Hall–Kier alpha value is -3.42. The number of carbonyl (C=O) groups is 1. The van der Waals surface area contributed by atoms with Crippen LogP contribution in [-0.4, -0.2) is 21.7 Å². The molecule has 0 fully saturated rings. The van der Waals surface area contributed by atoms with E-state index in [1.165, 1.54) is 30.0 Å². The normalized spacial score (nSPS) is 15.9. The maximum absolute atomic E-state index is 13.5. The summed E-state index contributed by atoms with van der Waals surface area (Å²) in [5.74, 6) is -0.629. The lowest BCUT2D eigenvalue weighted by Crippen LogP contribution is -2.39. The highest BCUT2D eigenvalue weighted by molar-refractivity contribution is 6.06. The minimum atomic E-state index is -4.61. The zero-order chi connectivity index (χ0) is 21.6. The molecule has 0 saturated heterocycles. The zero-order valence-electron chi connectivity index (χ0n) is 16.3. The second-order valence-corrected chi connectivity index (χ2v) is 7.28. The van der Waals surface area contributed by atoms with Crippen molar-refractivity contribution >= 4 is 11.6 Å². The van der Waals surface area contributed by atoms with Crippen LogP contribution in [0.4, 0.5) is 18.9 Å². The van der Waals surface area contributed by atoms with Crippen LogP contribution in [0.15, 0.2) is 59.4 Å². The number of hydrogen-bond donors (Lipinski definition) is 0. The molecule has 154 valence electrons. The summed E-state index contributed by atoms with van der Waals surface area (Å²) < 4.78 is 41.5. The third kappa shape index (κ3) is 3.28. The molecule has 0 aliphatic carbocycles. The number of hydrogen-bond acceptors (Lipinski definition) is 3. The van der Waals surface area contributed by atoms with Crippen LogP contribution in [0.25, 0.3) is 5.69 Å². The molecular formula is C22H18F3N3O2. The standard InChI is InChI=1S/C22H18F3N3O2/c1-13-11-15-7-3-5-9-17(15)27(13)21(30)20-19(29)12-14(2)28(26-20)18-10-6-4-8-16(18)22(23,24)25/h3-10,12-13H,11H2,1-2H3. The molecule has 30 heavy (non-hydrogen) atoms. The fourth-order valence-corrected chi connectivity index (χ4v) is 3.83. The first-order valence-electron chi connectivity index (χ1n) is 9.37. The van der Waals surface area contributed by atoms with Gasteiger partial charge in [0.15, 0.2) is 5.69 Å². The van der Waals surface area contributed by atoms with Crippen molar-refractivity contribution in [3.05, 3.63) is 87.3 Å². The minimum absolute atomic E-state index is 0.197. The van der Waals surface area contributed by atoms with Gasteiger partial charge in [-0.25, -0.2) is 4.68 Å². The van der Waals surface area contributed by atoms with Crippen LogP contribution in [0.1, 0.15) is 34.2 Å². The lowest BCUT2D eigenvalue weighted by atomic mass is 10.1. The third-order valence-electron chi connectivity index (χ3n) is 5.17. The van der Waals surface area contributed by atoms with Crippen molar-refractivity contribution in [1.82, 2.24) is 9.78 Å². The predicted octanol–water partition coefficient (Wildman–Crippen LogP) is 4.15. The van der Waals surface area contributed by atoms with E-state index in [1.807, 2.05) is 19.1 Å². The van der Waals surface area contributed by atoms with E-state index in [1.54, 1.807) is 12.1 Å². The van der Waals surface area contributed by atoms with Crippen molar-refractivity contribution in [1.29, 1.82) is 0 Å². The molecule has 1 amide bonds. The van der Waals surface area contributed by atoms with Gasteiger partial charge in [0.25, 0.3) is 5.91 Å². The number of nitrogens with zero attached hydrogens (tertiary/aromatic N) is 3. The number of amides is 1. The molecule has 5 nitrogen and oxygen atoms in total. The van der Waals surface area contributed by atoms with E-state index in [2.05, 4.69) is 5.10 Å². The van der Waals surface area contributed by atoms with E-state index >= 15 is 0 Å². The van der Waals surface area contributed by atoms with Crippen LogP contribution in [0.5, 0.6) is 0 Å². The maximum Gasteiger partial charge on any atom is 0.418 e. The predicted molar refractivity (Wildman–Crippen MR) is 106 cm³/mol. The second-order valence-electron chi connectivity index (χ2n) is 7.28. The monoisotopic (exact) mass is 413 g/mol. The first-order chi connectivity index (χ1) is 14.2. The van der Waals surface area contributed by atoms with E-state index < -0.39 is 28.8 Å². The molecule has 2 aromatic carbocycles. The van der Waals surface area contributed by atoms with Crippen molar-refractivity contribution in [2.24, 2.45) is 0 Å². The van der Waals surface area contributed by atoms with E-state index in [9.17, 15) is 22.8 Å². The highest BCUT2D eigenvalue weighted by atomic mass is 19.4. The van der Waals surface area contributed by atoms with E-state index in [-0.39, 0.29) is 17.4 Å². The summed E-state index contributed by atoms with van der Waals surface area (Å²) in [6.07, 6.45) is -3.99. The molecule has 0 saturated carbocycles. The molecular weight excluding hydrogens is 395 g/mol. The van der Waals surface area contributed by atoms with Crippen molar-refractivity contribution in [2.45, 2.75) is 32.5 Å². The first kappa shape index (κ1) is 19.9. The number of carbonyl (C=O) groups excluding carboxylic acids is 1. The average Bonchev–Trinajstić information content (AvgIpc) is 3.02. The zero-order valence-corrected chi connectivity index (χ0v) is 16.3. The largest absolute Gasteiger partial charge is 0.418 e. The first-order valence-corrected chi connectivity index (χ1v) is 9.37. The molecule has 1 atom stereocenters. The number of benzene rings is 2. The van der Waals surface area contributed by atoms with Crippen molar-refractivity contribution in [2.75, 3.05) is 4.90 Å². The number of para-hydroxylation sites is 2. The summed E-state index contributed by atoms with van der Waals surface area (Å²) in [6.45, 7) is 3.33. The number of halogens is 3. The van der Waals surface area contributed by atoms with Gasteiger partial charge < -0.3 is 4.90 Å². The van der Waals surface area contributed by atoms with Gasteiger partial charge >= 0.3 is 6.18 Å². The minimum Gasteiger partial charge on any atom is -0.303 e. The van der Waals surface area contributed by atoms with E-state index in [0.29, 0.717) is 12.1 Å². The summed E-state index contributed by atoms with van der Waals surface area (Å²) in [4.78, 5) is 27.3. The number of anilines is 1. The summed E-state index contributed by atoms with van der Waals surface area (Å²) in [5, 5.41) is 4.08. The van der Waals surface area contributed by atoms with Gasteiger partial charge in [-0.05, 0) is 44.0 Å². The van der Waals surface area contributed by atoms with Gasteiger partial charge in [-0.3, -0.25) is 9.59 Å². The highest BCUT2D eigenvalue weighted by Gasteiger charge is 2.36. The molecule has 1 aliphatic rings. The highest BCUT2D eigenvalue weighted by Crippen LogP contribution is 2.34. The smallest absolute Gasteiger partial charge is 0.303 e. The fourth-order valence-electron chi connectivity index (χ4n) is 3.83. The van der Waals surface area contributed by atoms with Gasteiger partial charge in [0.2, 0.25) is 5.43 Å². The summed E-state index contributed by atoms with van der Waals surface area (Å²) in [5.41, 5.74) is -0.347. The van der Waals surface area contributed by atoms with Crippen LogP contribution in [0.2, 0.25) is 0 Å². The average molecular weight is 413 g/mol. The Morgan fingerprint density at radius 2 is 1.70 bits per heavy atom. The van der Waals surface area contributed by atoms with Crippen LogP contribution in [0.3, 0.4) is 0 Å². The lowest BCUT2D eigenvalue weighted by molar-refractivity contribution is -0.137. The van der Waals surface area contributed by atoms with Crippen LogP contribution < -0.4 is 10.3 Å². The van der Waals surface area contributed by atoms with Crippen molar-refractivity contribution in [3.63, 3.8) is 0 Å². The van der Waals surface area contributed by atoms with E-state index in [0.717, 1.165) is 22.4 Å². The number of rotatable bonds is 2. The van der Waals surface area contributed by atoms with E-state index in [4.69, 9.17) is 0 Å². The Kier molecular flexibility index (Phi) is 4.72. The van der Waals surface area contributed by atoms with Gasteiger partial charge in [-0.15, -0.1) is 0 Å². The Bertz CT molecular complexity index is 1200. The number of fused-ring (bicyclic) bond motifs is 1. The molecule has 2 heterocycles. The molecule has 0 bridgehead atoms. The quantitative estimate of drug-likeness (QED) is 0.634. The van der Waals surface area contributed by atoms with Gasteiger partial charge in [0.05, 0.1) is 11.3 Å². The van der Waals surface area contributed by atoms with Gasteiger partial charge in [-0.1, -0.05) is 30.3 Å². The van der Waals surface area contributed by atoms with Crippen LogP contribution in [0, 0.1) is 6.92 Å². The number of aromatic nitrogens is 2. The van der Waals surface area contributed by atoms with Crippen molar-refractivity contribution in [3.8, 4) is 5.69 Å². The molecule has 0 spiro atoms. The van der Waals surface area contributed by atoms with Crippen molar-refractivity contribution < 1.29 is 18.0 Å². The number of alkyl halides is 3. The molecule has 4 rings (SSSR count). The topological polar surface area (TPSA) is 55.2 Å². The molecule has 1 aromatic heterocycles. The summed E-state index contributed by atoms with van der Waals surface area (Å²) in [6, 6.07) is 13.2. The van der Waals surface area contributed by atoms with Gasteiger partial charge in [-0.2, -0.15) is 18.3 Å². The Labute approximate surface area is 170 Å². The fraction of sp³-hybridized carbons (Fsp3) is 0.227. The third-order valence-corrected chi connectivity index (χ3v) is 5.17. The van der Waals surface area contributed by atoms with Gasteiger partial charge in [0.1, 0.15) is 0 Å². The van der Waals surface area contributed by atoms with Crippen LogP contribution >= 0.6 is 0 Å². The number of aryl methyl sites for hydroxylation is 1. The molecule has 8 heteroatoms. The summed E-state index contributed by atoms with van der Waals surface area (Å²) >= 11 is 0. The Balaban J connectivity index is 1.85. The van der Waals surface area contributed by atoms with Crippen LogP contribution in [-0.2, 0) is 12.6 Å². The Morgan fingerprint density at radius 1 is 1.07 bits per heavy atom. The lowest BCUT2D eigenvalue weighted by Gasteiger charge is -2.23. The maximum atomic E-state index is 13.5. The van der Waals surface area contributed by atoms with Gasteiger partial charge in [0, 0.05) is 23.5 Å². The molecule has 0 N–H and O–H groups in total. The molecule has 0 radical (unpaired) electrons.